The summed E-state index contributed by atoms with van der Waals surface area (Å²) in [6, 6.07) is 5.50. The summed E-state index contributed by atoms with van der Waals surface area (Å²) in [5.41, 5.74) is 12.2. The maximum atomic E-state index is 10.5. The third-order valence-corrected chi connectivity index (χ3v) is 2.20. The lowest BCUT2D eigenvalue weighted by molar-refractivity contribution is -0.117. The molecule has 0 saturated carbocycles. The molecule has 0 heterocycles. The molecule has 0 spiro atoms. The fraction of sp³-hybridized carbons (Fsp3) is 0.222. The van der Waals surface area contributed by atoms with Gasteiger partial charge in [-0.1, -0.05) is 15.9 Å². The summed E-state index contributed by atoms with van der Waals surface area (Å²) < 4.78 is 0.938. The largest absolute Gasteiger partial charge is 0.397 e. The predicted molar refractivity (Wildman–Crippen MR) is 60.9 cm³/mol. The number of anilines is 2. The first-order valence-corrected chi connectivity index (χ1v) is 4.96. The Morgan fingerprint density at radius 2 is 2.21 bits per heavy atom. The van der Waals surface area contributed by atoms with E-state index in [0.29, 0.717) is 18.7 Å². The zero-order valence-electron chi connectivity index (χ0n) is 7.59. The number of hydrogen-bond acceptors (Lipinski definition) is 3. The highest BCUT2D eigenvalue weighted by Crippen LogP contribution is 2.22. The third-order valence-electron chi connectivity index (χ3n) is 1.70. The molecule has 1 aromatic rings. The van der Waals surface area contributed by atoms with Gasteiger partial charge in [-0.25, -0.2) is 0 Å². The molecule has 14 heavy (non-hydrogen) atoms. The SMILES string of the molecule is NC(=O)CCNc1cc(Br)ccc1N. The van der Waals surface area contributed by atoms with E-state index < -0.39 is 0 Å². The number of carbonyl (C=O) groups excluding carboxylic acids is 1. The van der Waals surface area contributed by atoms with Crippen molar-refractivity contribution in [3.05, 3.63) is 22.7 Å². The van der Waals surface area contributed by atoms with Gasteiger partial charge in [-0.05, 0) is 18.2 Å². The van der Waals surface area contributed by atoms with Crippen LogP contribution in [0.2, 0.25) is 0 Å². The van der Waals surface area contributed by atoms with Crippen molar-refractivity contribution in [3.8, 4) is 0 Å². The Hall–Kier alpha value is -1.23. The van der Waals surface area contributed by atoms with Crippen LogP contribution in [0.4, 0.5) is 11.4 Å². The van der Waals surface area contributed by atoms with E-state index in [0.717, 1.165) is 10.2 Å². The van der Waals surface area contributed by atoms with Gasteiger partial charge in [-0.15, -0.1) is 0 Å². The highest BCUT2D eigenvalue weighted by Gasteiger charge is 1.99. The molecule has 0 aliphatic carbocycles. The number of primary amides is 1. The predicted octanol–water partition coefficient (Wildman–Crippen LogP) is 1.32. The monoisotopic (exact) mass is 257 g/mol. The van der Waals surface area contributed by atoms with Gasteiger partial charge in [-0.2, -0.15) is 0 Å². The number of hydrogen-bond donors (Lipinski definition) is 3. The van der Waals surface area contributed by atoms with Gasteiger partial charge in [0, 0.05) is 17.4 Å². The molecule has 1 rings (SSSR count). The molecule has 0 aliphatic heterocycles. The standard InChI is InChI=1S/C9H12BrN3O/c10-6-1-2-7(11)8(5-6)13-4-3-9(12)14/h1-2,5,13H,3-4,11H2,(H2,12,14). The number of nitrogens with one attached hydrogen (secondary N) is 1. The quantitative estimate of drug-likeness (QED) is 0.712. The first kappa shape index (κ1) is 10.8. The lowest BCUT2D eigenvalue weighted by Crippen LogP contribution is -2.16. The van der Waals surface area contributed by atoms with Gasteiger partial charge < -0.3 is 16.8 Å². The minimum Gasteiger partial charge on any atom is -0.397 e. The van der Waals surface area contributed by atoms with Crippen LogP contribution < -0.4 is 16.8 Å². The maximum absolute atomic E-state index is 10.5. The van der Waals surface area contributed by atoms with E-state index in [2.05, 4.69) is 21.2 Å². The van der Waals surface area contributed by atoms with Crippen molar-refractivity contribution in [1.29, 1.82) is 0 Å². The number of benzene rings is 1. The molecule has 0 aliphatic rings. The number of rotatable bonds is 4. The first-order chi connectivity index (χ1) is 6.59. The van der Waals surface area contributed by atoms with Gasteiger partial charge in [0.2, 0.25) is 5.91 Å². The zero-order valence-corrected chi connectivity index (χ0v) is 9.17. The Morgan fingerprint density at radius 1 is 1.50 bits per heavy atom. The van der Waals surface area contributed by atoms with Crippen LogP contribution in [-0.2, 0) is 4.79 Å². The van der Waals surface area contributed by atoms with Gasteiger partial charge in [0.25, 0.3) is 0 Å². The van der Waals surface area contributed by atoms with Crippen molar-refractivity contribution in [1.82, 2.24) is 0 Å². The summed E-state index contributed by atoms with van der Waals surface area (Å²) in [4.78, 5) is 10.5. The molecule has 5 heteroatoms. The molecule has 76 valence electrons. The van der Waals surface area contributed by atoms with E-state index in [1.54, 1.807) is 6.07 Å². The molecule has 0 aromatic heterocycles. The average molecular weight is 258 g/mol. The Morgan fingerprint density at radius 3 is 2.86 bits per heavy atom. The molecular weight excluding hydrogens is 246 g/mol. The zero-order chi connectivity index (χ0) is 10.6. The Bertz CT molecular complexity index is 341. The van der Waals surface area contributed by atoms with Gasteiger partial charge in [0.05, 0.1) is 11.4 Å². The molecule has 4 nitrogen and oxygen atoms in total. The summed E-state index contributed by atoms with van der Waals surface area (Å²) in [5, 5.41) is 3.03. The minimum absolute atomic E-state index is 0.298. The van der Waals surface area contributed by atoms with Gasteiger partial charge in [0.15, 0.2) is 0 Å². The molecule has 0 bridgehead atoms. The van der Waals surface area contributed by atoms with Gasteiger partial charge >= 0.3 is 0 Å². The molecule has 1 amide bonds. The van der Waals surface area contributed by atoms with Crippen LogP contribution in [0.3, 0.4) is 0 Å². The summed E-state index contributed by atoms with van der Waals surface area (Å²) in [7, 11) is 0. The van der Waals surface area contributed by atoms with Gasteiger partial charge in [-0.3, -0.25) is 4.79 Å². The second-order valence-corrected chi connectivity index (χ2v) is 3.79. The Kier molecular flexibility index (Phi) is 3.76. The molecule has 5 N–H and O–H groups in total. The number of carbonyl (C=O) groups is 1. The second-order valence-electron chi connectivity index (χ2n) is 2.87. The molecular formula is C9H12BrN3O. The fourth-order valence-electron chi connectivity index (χ4n) is 1.00. The van der Waals surface area contributed by atoms with E-state index in [9.17, 15) is 4.79 Å². The van der Waals surface area contributed by atoms with Crippen LogP contribution >= 0.6 is 15.9 Å². The normalized spacial score (nSPS) is 9.79. The van der Waals surface area contributed by atoms with E-state index in [1.165, 1.54) is 0 Å². The highest BCUT2D eigenvalue weighted by atomic mass is 79.9. The summed E-state index contributed by atoms with van der Waals surface area (Å²) >= 11 is 3.33. The van der Waals surface area contributed by atoms with E-state index in [1.807, 2.05) is 12.1 Å². The number of halogens is 1. The van der Waals surface area contributed by atoms with E-state index >= 15 is 0 Å². The van der Waals surface area contributed by atoms with Crippen LogP contribution in [0.25, 0.3) is 0 Å². The van der Waals surface area contributed by atoms with E-state index in [4.69, 9.17) is 11.5 Å². The first-order valence-electron chi connectivity index (χ1n) is 4.17. The summed E-state index contributed by atoms with van der Waals surface area (Å²) in [6.07, 6.45) is 0.298. The number of amides is 1. The van der Waals surface area contributed by atoms with Crippen molar-refractivity contribution in [2.75, 3.05) is 17.6 Å². The fourth-order valence-corrected chi connectivity index (χ4v) is 1.36. The van der Waals surface area contributed by atoms with Crippen molar-refractivity contribution in [3.63, 3.8) is 0 Å². The lowest BCUT2D eigenvalue weighted by Gasteiger charge is -2.08. The summed E-state index contributed by atoms with van der Waals surface area (Å²) in [5.74, 6) is -0.328. The molecule has 0 unspecified atom stereocenters. The van der Waals surface area contributed by atoms with E-state index in [-0.39, 0.29) is 5.91 Å². The van der Waals surface area contributed by atoms with Crippen LogP contribution in [0.1, 0.15) is 6.42 Å². The Labute approximate surface area is 90.8 Å². The lowest BCUT2D eigenvalue weighted by atomic mass is 10.2. The van der Waals surface area contributed by atoms with Crippen molar-refractivity contribution < 1.29 is 4.79 Å². The van der Waals surface area contributed by atoms with Crippen molar-refractivity contribution in [2.45, 2.75) is 6.42 Å². The second kappa shape index (κ2) is 4.85. The highest BCUT2D eigenvalue weighted by molar-refractivity contribution is 9.10. The topological polar surface area (TPSA) is 81.1 Å². The number of nitrogen functional groups attached to an aromatic ring is 1. The number of nitrogens with two attached hydrogens (primary N) is 2. The molecule has 0 atom stereocenters. The van der Waals surface area contributed by atoms with Crippen LogP contribution in [0, 0.1) is 0 Å². The molecule has 0 fully saturated rings. The average Bonchev–Trinajstić information content (AvgIpc) is 2.10. The smallest absolute Gasteiger partial charge is 0.219 e. The molecule has 0 saturated heterocycles. The van der Waals surface area contributed by atoms with Crippen LogP contribution in [0.15, 0.2) is 22.7 Å². The maximum Gasteiger partial charge on any atom is 0.219 e. The van der Waals surface area contributed by atoms with Crippen molar-refractivity contribution in [2.24, 2.45) is 5.73 Å². The Balaban J connectivity index is 2.57. The summed E-state index contributed by atoms with van der Waals surface area (Å²) in [6.45, 7) is 0.496. The molecule has 0 radical (unpaired) electrons. The van der Waals surface area contributed by atoms with Crippen LogP contribution in [0.5, 0.6) is 0 Å². The minimum atomic E-state index is -0.328. The van der Waals surface area contributed by atoms with Gasteiger partial charge in [0.1, 0.15) is 0 Å². The van der Waals surface area contributed by atoms with Crippen molar-refractivity contribution >= 4 is 33.2 Å². The molecule has 1 aromatic carbocycles. The third kappa shape index (κ3) is 3.26. The van der Waals surface area contributed by atoms with Crippen LogP contribution in [-0.4, -0.2) is 12.5 Å².